The van der Waals surface area contributed by atoms with Crippen molar-refractivity contribution in [1.29, 1.82) is 0 Å². The summed E-state index contributed by atoms with van der Waals surface area (Å²) in [5.41, 5.74) is 0.826. The molecule has 1 amide bonds. The van der Waals surface area contributed by atoms with Crippen LogP contribution >= 0.6 is 0 Å². The van der Waals surface area contributed by atoms with Crippen molar-refractivity contribution in [3.63, 3.8) is 0 Å². The molecule has 0 fully saturated rings. The Hall–Kier alpha value is -3.15. The van der Waals surface area contributed by atoms with E-state index in [1.54, 1.807) is 6.20 Å². The zero-order valence-electron chi connectivity index (χ0n) is 14.2. The minimum absolute atomic E-state index is 0.111. The highest BCUT2D eigenvalue weighted by Gasteiger charge is 2.04. The Bertz CT molecular complexity index is 863. The third kappa shape index (κ3) is 4.92. The molecule has 2 aromatic carbocycles. The first kappa shape index (κ1) is 17.7. The summed E-state index contributed by atoms with van der Waals surface area (Å²) in [7, 11) is 0. The Morgan fingerprint density at radius 1 is 1.04 bits per heavy atom. The minimum atomic E-state index is -0.344. The van der Waals surface area contributed by atoms with E-state index in [1.807, 2.05) is 30.3 Å². The largest absolute Gasteiger partial charge is 0.491 e. The highest BCUT2D eigenvalue weighted by atomic mass is 19.1. The molecule has 134 valence electrons. The van der Waals surface area contributed by atoms with Crippen molar-refractivity contribution in [2.24, 2.45) is 0 Å². The quantitative estimate of drug-likeness (QED) is 0.630. The zero-order chi connectivity index (χ0) is 18.2. The number of rotatable bonds is 8. The number of amides is 1. The topological polar surface area (TPSA) is 60.5 Å². The Morgan fingerprint density at radius 3 is 2.69 bits per heavy atom. The van der Waals surface area contributed by atoms with Gasteiger partial charge in [0, 0.05) is 18.1 Å². The second-order valence-electron chi connectivity index (χ2n) is 5.63. The van der Waals surface area contributed by atoms with E-state index < -0.39 is 0 Å². The van der Waals surface area contributed by atoms with Gasteiger partial charge >= 0.3 is 0 Å². The molecule has 0 aliphatic carbocycles. The molecule has 1 aromatic heterocycles. The fraction of sp³-hybridized carbons (Fsp3) is 0.200. The fourth-order valence-corrected chi connectivity index (χ4v) is 2.41. The number of fused-ring (bicyclic) bond motifs is 1. The lowest BCUT2D eigenvalue weighted by Crippen LogP contribution is -2.30. The maximum Gasteiger partial charge on any atom is 0.257 e. The van der Waals surface area contributed by atoms with E-state index in [-0.39, 0.29) is 18.3 Å². The monoisotopic (exact) mass is 354 g/mol. The molecular formula is C20H19FN2O3. The SMILES string of the molecule is O=C(COc1ccc(F)cc1)NCCCOc1cccc2cccnc12. The first-order chi connectivity index (χ1) is 12.7. The number of aromatic nitrogens is 1. The van der Waals surface area contributed by atoms with Gasteiger partial charge in [-0.05, 0) is 42.8 Å². The summed E-state index contributed by atoms with van der Waals surface area (Å²) >= 11 is 0. The Morgan fingerprint density at radius 2 is 1.85 bits per heavy atom. The zero-order valence-corrected chi connectivity index (χ0v) is 14.2. The Labute approximate surface area is 150 Å². The average molecular weight is 354 g/mol. The van der Waals surface area contributed by atoms with E-state index in [2.05, 4.69) is 10.3 Å². The molecule has 0 bridgehead atoms. The molecule has 0 aliphatic rings. The van der Waals surface area contributed by atoms with Crippen LogP contribution in [-0.2, 0) is 4.79 Å². The van der Waals surface area contributed by atoms with Crippen LogP contribution in [-0.4, -0.2) is 30.6 Å². The van der Waals surface area contributed by atoms with Gasteiger partial charge in [0.25, 0.3) is 5.91 Å². The molecule has 1 heterocycles. The number of pyridine rings is 1. The van der Waals surface area contributed by atoms with Crippen molar-refractivity contribution in [1.82, 2.24) is 10.3 Å². The van der Waals surface area contributed by atoms with E-state index in [0.717, 1.165) is 16.7 Å². The number of carbonyl (C=O) groups is 1. The number of benzene rings is 2. The number of halogens is 1. The molecule has 0 saturated heterocycles. The van der Waals surface area contributed by atoms with Gasteiger partial charge in [-0.2, -0.15) is 0 Å². The Kier molecular flexibility index (Phi) is 5.98. The lowest BCUT2D eigenvalue weighted by molar-refractivity contribution is -0.123. The highest BCUT2D eigenvalue weighted by molar-refractivity contribution is 5.84. The number of nitrogens with zero attached hydrogens (tertiary/aromatic N) is 1. The summed E-state index contributed by atoms with van der Waals surface area (Å²) in [4.78, 5) is 16.1. The van der Waals surface area contributed by atoms with Crippen LogP contribution in [0.2, 0.25) is 0 Å². The van der Waals surface area contributed by atoms with Crippen LogP contribution in [0, 0.1) is 5.82 Å². The number of hydrogen-bond acceptors (Lipinski definition) is 4. The molecule has 26 heavy (non-hydrogen) atoms. The van der Waals surface area contributed by atoms with Gasteiger partial charge in [0.1, 0.15) is 22.8 Å². The first-order valence-corrected chi connectivity index (χ1v) is 8.34. The molecule has 3 aromatic rings. The summed E-state index contributed by atoms with van der Waals surface area (Å²) in [6.45, 7) is 0.832. The van der Waals surface area contributed by atoms with Crippen LogP contribution in [0.5, 0.6) is 11.5 Å². The fourth-order valence-electron chi connectivity index (χ4n) is 2.41. The van der Waals surface area contributed by atoms with Gasteiger partial charge in [0.2, 0.25) is 0 Å². The lowest BCUT2D eigenvalue weighted by atomic mass is 10.2. The standard InChI is InChI=1S/C20H19FN2O3/c21-16-7-9-17(10-8-16)26-14-19(24)22-12-3-13-25-18-6-1-4-15-5-2-11-23-20(15)18/h1-2,4-11H,3,12-14H2,(H,22,24). The molecule has 0 radical (unpaired) electrons. The van der Waals surface area contributed by atoms with Crippen LogP contribution in [0.3, 0.4) is 0 Å². The van der Waals surface area contributed by atoms with Gasteiger partial charge in [-0.1, -0.05) is 18.2 Å². The van der Waals surface area contributed by atoms with Crippen molar-refractivity contribution in [2.75, 3.05) is 19.8 Å². The van der Waals surface area contributed by atoms with Gasteiger partial charge in [0.15, 0.2) is 6.61 Å². The predicted molar refractivity (Wildman–Crippen MR) is 96.8 cm³/mol. The summed E-state index contributed by atoms with van der Waals surface area (Å²) in [5, 5.41) is 3.78. The van der Waals surface area contributed by atoms with Gasteiger partial charge in [-0.25, -0.2) is 4.39 Å². The van der Waals surface area contributed by atoms with Crippen LogP contribution in [0.25, 0.3) is 10.9 Å². The third-order valence-corrected chi connectivity index (χ3v) is 3.68. The van der Waals surface area contributed by atoms with Crippen LogP contribution in [0.4, 0.5) is 4.39 Å². The van der Waals surface area contributed by atoms with E-state index in [1.165, 1.54) is 24.3 Å². The number of carbonyl (C=O) groups excluding carboxylic acids is 1. The molecule has 6 heteroatoms. The van der Waals surface area contributed by atoms with E-state index >= 15 is 0 Å². The third-order valence-electron chi connectivity index (χ3n) is 3.68. The van der Waals surface area contributed by atoms with Crippen molar-refractivity contribution in [3.05, 3.63) is 66.6 Å². The van der Waals surface area contributed by atoms with Crippen molar-refractivity contribution >= 4 is 16.8 Å². The van der Waals surface area contributed by atoms with E-state index in [4.69, 9.17) is 9.47 Å². The molecule has 5 nitrogen and oxygen atoms in total. The molecule has 0 saturated carbocycles. The maximum atomic E-state index is 12.8. The molecule has 0 aliphatic heterocycles. The van der Waals surface area contributed by atoms with Crippen LogP contribution < -0.4 is 14.8 Å². The second kappa shape index (κ2) is 8.80. The first-order valence-electron chi connectivity index (χ1n) is 8.34. The number of ether oxygens (including phenoxy) is 2. The molecule has 0 unspecified atom stereocenters. The highest BCUT2D eigenvalue weighted by Crippen LogP contribution is 2.22. The minimum Gasteiger partial charge on any atom is -0.491 e. The number of nitrogens with one attached hydrogen (secondary N) is 1. The summed E-state index contributed by atoms with van der Waals surface area (Å²) in [5.74, 6) is 0.603. The molecule has 3 rings (SSSR count). The summed E-state index contributed by atoms with van der Waals surface area (Å²) in [6.07, 6.45) is 2.39. The van der Waals surface area contributed by atoms with Crippen molar-refractivity contribution in [3.8, 4) is 11.5 Å². The molecular weight excluding hydrogens is 335 g/mol. The molecule has 0 spiro atoms. The van der Waals surface area contributed by atoms with Crippen LogP contribution in [0.1, 0.15) is 6.42 Å². The van der Waals surface area contributed by atoms with Gasteiger partial charge < -0.3 is 14.8 Å². The summed E-state index contributed by atoms with van der Waals surface area (Å²) in [6, 6.07) is 15.2. The molecule has 1 N–H and O–H groups in total. The van der Waals surface area contributed by atoms with E-state index in [9.17, 15) is 9.18 Å². The number of hydrogen-bond donors (Lipinski definition) is 1. The van der Waals surface area contributed by atoms with Crippen molar-refractivity contribution in [2.45, 2.75) is 6.42 Å². The van der Waals surface area contributed by atoms with Crippen LogP contribution in [0.15, 0.2) is 60.8 Å². The summed E-state index contributed by atoms with van der Waals surface area (Å²) < 4.78 is 23.8. The predicted octanol–water partition coefficient (Wildman–Crippen LogP) is 3.34. The smallest absolute Gasteiger partial charge is 0.257 e. The Balaban J connectivity index is 1.36. The van der Waals surface area contributed by atoms with Crippen molar-refractivity contribution < 1.29 is 18.7 Å². The molecule has 0 atom stereocenters. The van der Waals surface area contributed by atoms with E-state index in [0.29, 0.717) is 25.3 Å². The average Bonchev–Trinajstić information content (AvgIpc) is 2.67. The lowest BCUT2D eigenvalue weighted by Gasteiger charge is -2.10. The maximum absolute atomic E-state index is 12.8. The second-order valence-corrected chi connectivity index (χ2v) is 5.63. The van der Waals surface area contributed by atoms with Gasteiger partial charge in [0.05, 0.1) is 6.61 Å². The normalized spacial score (nSPS) is 10.5. The number of para-hydroxylation sites is 1. The van der Waals surface area contributed by atoms with Gasteiger partial charge in [-0.3, -0.25) is 9.78 Å². The van der Waals surface area contributed by atoms with Gasteiger partial charge in [-0.15, -0.1) is 0 Å².